The van der Waals surface area contributed by atoms with Gasteiger partial charge < -0.3 is 5.32 Å². The maximum Gasteiger partial charge on any atom is 0.0637 e. The van der Waals surface area contributed by atoms with Crippen molar-refractivity contribution in [1.29, 1.82) is 0 Å². The molecular formula is C16H15Cl2N. The third-order valence-electron chi connectivity index (χ3n) is 3.70. The summed E-state index contributed by atoms with van der Waals surface area (Å²) in [5.41, 5.74) is 4.02. The molecule has 0 saturated carbocycles. The second-order valence-corrected chi connectivity index (χ2v) is 5.73. The molecule has 1 aliphatic rings. The van der Waals surface area contributed by atoms with Gasteiger partial charge in [-0.2, -0.15) is 0 Å². The number of nitrogens with one attached hydrogen (secondary N) is 1. The van der Waals surface area contributed by atoms with E-state index in [-0.39, 0.29) is 0 Å². The van der Waals surface area contributed by atoms with Crippen LogP contribution in [-0.2, 0) is 13.0 Å². The molecule has 1 atom stereocenters. The molecule has 1 aliphatic carbocycles. The highest BCUT2D eigenvalue weighted by atomic mass is 35.5. The van der Waals surface area contributed by atoms with Gasteiger partial charge in [0.05, 0.1) is 10.0 Å². The summed E-state index contributed by atoms with van der Waals surface area (Å²) in [6.07, 6.45) is 1.17. The van der Waals surface area contributed by atoms with Gasteiger partial charge in [0.1, 0.15) is 0 Å². The summed E-state index contributed by atoms with van der Waals surface area (Å²) in [5.74, 6) is 0.633. The summed E-state index contributed by atoms with van der Waals surface area (Å²) < 4.78 is 0. The van der Waals surface area contributed by atoms with Crippen molar-refractivity contribution in [3.05, 3.63) is 69.2 Å². The molecule has 19 heavy (non-hydrogen) atoms. The van der Waals surface area contributed by atoms with E-state index in [1.165, 1.54) is 17.5 Å². The lowest BCUT2D eigenvalue weighted by Gasteiger charge is -2.30. The average Bonchev–Trinajstić information content (AvgIpc) is 2.39. The SMILES string of the molecule is Clc1cccc(CNCC2Cc3ccccc32)c1Cl. The van der Waals surface area contributed by atoms with E-state index < -0.39 is 0 Å². The van der Waals surface area contributed by atoms with Gasteiger partial charge in [-0.15, -0.1) is 0 Å². The van der Waals surface area contributed by atoms with Gasteiger partial charge in [0.15, 0.2) is 0 Å². The Labute approximate surface area is 123 Å². The first-order valence-corrected chi connectivity index (χ1v) is 7.22. The molecule has 0 aromatic heterocycles. The van der Waals surface area contributed by atoms with E-state index in [1.54, 1.807) is 0 Å². The highest BCUT2D eigenvalue weighted by molar-refractivity contribution is 6.42. The summed E-state index contributed by atoms with van der Waals surface area (Å²) in [6.45, 7) is 1.75. The largest absolute Gasteiger partial charge is 0.312 e. The van der Waals surface area contributed by atoms with Crippen LogP contribution in [0.4, 0.5) is 0 Å². The zero-order valence-corrected chi connectivity index (χ0v) is 12.0. The van der Waals surface area contributed by atoms with Crippen molar-refractivity contribution in [3.63, 3.8) is 0 Å². The smallest absolute Gasteiger partial charge is 0.0637 e. The number of hydrogen-bond acceptors (Lipinski definition) is 1. The third kappa shape index (κ3) is 2.64. The highest BCUT2D eigenvalue weighted by Gasteiger charge is 2.24. The molecule has 2 aromatic carbocycles. The number of benzene rings is 2. The fourth-order valence-corrected chi connectivity index (χ4v) is 3.00. The van der Waals surface area contributed by atoms with Crippen LogP contribution in [0.3, 0.4) is 0 Å². The molecule has 0 amide bonds. The van der Waals surface area contributed by atoms with Crippen LogP contribution in [-0.4, -0.2) is 6.54 Å². The summed E-state index contributed by atoms with van der Waals surface area (Å²) >= 11 is 12.2. The second kappa shape index (κ2) is 5.54. The summed E-state index contributed by atoms with van der Waals surface area (Å²) in [6, 6.07) is 14.4. The molecule has 3 rings (SSSR count). The molecule has 3 heteroatoms. The fourth-order valence-electron chi connectivity index (χ4n) is 2.61. The molecule has 0 aliphatic heterocycles. The van der Waals surface area contributed by atoms with Crippen LogP contribution < -0.4 is 5.32 Å². The maximum absolute atomic E-state index is 6.17. The zero-order valence-electron chi connectivity index (χ0n) is 10.5. The van der Waals surface area contributed by atoms with E-state index in [9.17, 15) is 0 Å². The fraction of sp³-hybridized carbons (Fsp3) is 0.250. The van der Waals surface area contributed by atoms with Gasteiger partial charge in [-0.1, -0.05) is 59.6 Å². The first kappa shape index (κ1) is 13.0. The summed E-state index contributed by atoms with van der Waals surface area (Å²) in [4.78, 5) is 0. The van der Waals surface area contributed by atoms with Crippen molar-refractivity contribution in [3.8, 4) is 0 Å². The van der Waals surface area contributed by atoms with E-state index in [0.29, 0.717) is 16.0 Å². The van der Waals surface area contributed by atoms with Crippen LogP contribution in [0.15, 0.2) is 42.5 Å². The minimum Gasteiger partial charge on any atom is -0.312 e. The minimum atomic E-state index is 0.620. The van der Waals surface area contributed by atoms with Crippen molar-refractivity contribution < 1.29 is 0 Å². The first-order chi connectivity index (χ1) is 9.25. The monoisotopic (exact) mass is 291 g/mol. The Balaban J connectivity index is 1.56. The van der Waals surface area contributed by atoms with Gasteiger partial charge >= 0.3 is 0 Å². The number of rotatable bonds is 4. The van der Waals surface area contributed by atoms with E-state index in [0.717, 1.165) is 18.7 Å². The molecule has 98 valence electrons. The molecule has 0 fully saturated rings. The topological polar surface area (TPSA) is 12.0 Å². The van der Waals surface area contributed by atoms with Crippen LogP contribution in [0.2, 0.25) is 10.0 Å². The molecule has 0 spiro atoms. The van der Waals surface area contributed by atoms with Crippen LogP contribution >= 0.6 is 23.2 Å². The number of fused-ring (bicyclic) bond motifs is 1. The second-order valence-electron chi connectivity index (χ2n) is 4.94. The van der Waals surface area contributed by atoms with Crippen LogP contribution in [0.25, 0.3) is 0 Å². The average molecular weight is 292 g/mol. The normalized spacial score (nSPS) is 16.8. The molecule has 1 unspecified atom stereocenters. The van der Waals surface area contributed by atoms with Gasteiger partial charge in [-0.05, 0) is 29.2 Å². The van der Waals surface area contributed by atoms with E-state index in [1.807, 2.05) is 18.2 Å². The third-order valence-corrected chi connectivity index (χ3v) is 4.56. The predicted octanol–water partition coefficient (Wildman–Crippen LogP) is 4.42. The molecule has 0 bridgehead atoms. The Morgan fingerprint density at radius 2 is 1.89 bits per heavy atom. The van der Waals surface area contributed by atoms with Gasteiger partial charge in [0.25, 0.3) is 0 Å². The van der Waals surface area contributed by atoms with Crippen LogP contribution in [0, 0.1) is 0 Å². The Hall–Kier alpha value is -1.02. The molecule has 1 nitrogen and oxygen atoms in total. The number of hydrogen-bond donors (Lipinski definition) is 1. The Morgan fingerprint density at radius 3 is 2.74 bits per heavy atom. The quantitative estimate of drug-likeness (QED) is 0.879. The highest BCUT2D eigenvalue weighted by Crippen LogP contribution is 2.34. The van der Waals surface area contributed by atoms with Gasteiger partial charge in [-0.25, -0.2) is 0 Å². The van der Waals surface area contributed by atoms with Crippen molar-refractivity contribution in [2.75, 3.05) is 6.54 Å². The Bertz CT molecular complexity index is 595. The Kier molecular flexibility index (Phi) is 3.79. The lowest BCUT2D eigenvalue weighted by Crippen LogP contribution is -2.28. The number of halogens is 2. The molecule has 0 heterocycles. The van der Waals surface area contributed by atoms with Crippen molar-refractivity contribution in [1.82, 2.24) is 5.32 Å². The maximum atomic E-state index is 6.17. The molecule has 0 radical (unpaired) electrons. The lowest BCUT2D eigenvalue weighted by atomic mass is 9.77. The van der Waals surface area contributed by atoms with E-state index in [4.69, 9.17) is 23.2 Å². The standard InChI is InChI=1S/C16H15Cl2N/c17-15-7-3-5-12(16(15)18)9-19-10-13-8-11-4-1-2-6-14(11)13/h1-7,13,19H,8-10H2. The van der Waals surface area contributed by atoms with E-state index >= 15 is 0 Å². The van der Waals surface area contributed by atoms with Crippen molar-refractivity contribution in [2.24, 2.45) is 0 Å². The first-order valence-electron chi connectivity index (χ1n) is 6.47. The molecular weight excluding hydrogens is 277 g/mol. The molecule has 2 aromatic rings. The summed E-state index contributed by atoms with van der Waals surface area (Å²) in [7, 11) is 0. The van der Waals surface area contributed by atoms with Gasteiger partial charge in [0, 0.05) is 19.0 Å². The molecule has 1 N–H and O–H groups in total. The minimum absolute atomic E-state index is 0.620. The predicted molar refractivity (Wildman–Crippen MR) is 81.1 cm³/mol. The van der Waals surface area contributed by atoms with Gasteiger partial charge in [-0.3, -0.25) is 0 Å². The zero-order chi connectivity index (χ0) is 13.2. The lowest BCUT2D eigenvalue weighted by molar-refractivity contribution is 0.536. The van der Waals surface area contributed by atoms with Crippen LogP contribution in [0.1, 0.15) is 22.6 Å². The van der Waals surface area contributed by atoms with Gasteiger partial charge in [0.2, 0.25) is 0 Å². The molecule has 0 saturated heterocycles. The van der Waals surface area contributed by atoms with Crippen molar-refractivity contribution >= 4 is 23.2 Å². The van der Waals surface area contributed by atoms with Crippen LogP contribution in [0.5, 0.6) is 0 Å². The summed E-state index contributed by atoms with van der Waals surface area (Å²) in [5, 5.41) is 4.75. The Morgan fingerprint density at radius 1 is 1.05 bits per heavy atom. The van der Waals surface area contributed by atoms with E-state index in [2.05, 4.69) is 29.6 Å². The van der Waals surface area contributed by atoms with Crippen molar-refractivity contribution in [2.45, 2.75) is 18.9 Å².